The number of hydrogen-bond donors (Lipinski definition) is 2. The van der Waals surface area contributed by atoms with Crippen LogP contribution in [0.5, 0.6) is 0 Å². The van der Waals surface area contributed by atoms with Gasteiger partial charge >= 0.3 is 0 Å². The molecule has 3 aromatic rings. The third-order valence-electron chi connectivity index (χ3n) is 3.08. The van der Waals surface area contributed by atoms with E-state index >= 15 is 0 Å². The molecule has 2 N–H and O–H groups in total. The molecule has 1 heterocycles. The van der Waals surface area contributed by atoms with Crippen molar-refractivity contribution in [2.75, 3.05) is 10.9 Å². The van der Waals surface area contributed by atoms with Crippen LogP contribution in [-0.4, -0.2) is 4.98 Å². The number of hydrogen-bond acceptors (Lipinski definition) is 4. The lowest BCUT2D eigenvalue weighted by molar-refractivity contribution is 0.509. The molecule has 0 aliphatic heterocycles. The summed E-state index contributed by atoms with van der Waals surface area (Å²) in [7, 11) is 0. The van der Waals surface area contributed by atoms with Crippen molar-refractivity contribution in [1.29, 1.82) is 0 Å². The number of anilines is 2. The first kappa shape index (κ1) is 14.5. The van der Waals surface area contributed by atoms with E-state index in [4.69, 9.17) is 0 Å². The summed E-state index contributed by atoms with van der Waals surface area (Å²) in [6, 6.07) is 13.4. The van der Waals surface area contributed by atoms with E-state index < -0.39 is 11.6 Å². The average Bonchev–Trinajstić information content (AvgIpc) is 2.90. The van der Waals surface area contributed by atoms with Crippen molar-refractivity contribution in [1.82, 2.24) is 4.98 Å². The molecular weight excluding hydrogens is 304 g/mol. The summed E-state index contributed by atoms with van der Waals surface area (Å²) < 4.78 is 26.4. The van der Waals surface area contributed by atoms with Gasteiger partial charge in [-0.15, -0.1) is 11.3 Å². The number of aryl methyl sites for hydroxylation is 1. The Bertz CT molecular complexity index is 787. The maximum absolute atomic E-state index is 13.3. The van der Waals surface area contributed by atoms with Crippen LogP contribution in [0.15, 0.2) is 48.5 Å². The van der Waals surface area contributed by atoms with Crippen molar-refractivity contribution in [3.63, 3.8) is 0 Å². The average molecular weight is 317 g/mol. The molecule has 0 unspecified atom stereocenters. The van der Waals surface area contributed by atoms with Crippen LogP contribution in [0, 0.1) is 18.6 Å². The molecule has 0 radical (unpaired) electrons. The topological polar surface area (TPSA) is 37.0 Å². The van der Waals surface area contributed by atoms with Crippen LogP contribution in [0.2, 0.25) is 0 Å². The van der Waals surface area contributed by atoms with Crippen molar-refractivity contribution in [2.24, 2.45) is 0 Å². The fraction of sp³-hybridized carbons (Fsp3) is 0.0625. The molecule has 0 aliphatic carbocycles. The van der Waals surface area contributed by atoms with Crippen LogP contribution in [0.4, 0.5) is 19.6 Å². The van der Waals surface area contributed by atoms with E-state index in [1.54, 1.807) is 0 Å². The minimum absolute atomic E-state index is 0.556. The number of halogens is 2. The highest BCUT2D eigenvalue weighted by Crippen LogP contribution is 2.31. The zero-order valence-corrected chi connectivity index (χ0v) is 12.5. The zero-order chi connectivity index (χ0) is 15.5. The van der Waals surface area contributed by atoms with E-state index in [1.807, 2.05) is 37.3 Å². The largest absolute Gasteiger partial charge is 0.299 e. The SMILES string of the molecule is Cc1sc(NNc2ccccc2)nc1-c1ccc(F)c(F)c1. The Morgan fingerprint density at radius 3 is 2.45 bits per heavy atom. The number of rotatable bonds is 4. The number of thiazole rings is 1. The summed E-state index contributed by atoms with van der Waals surface area (Å²) in [4.78, 5) is 5.34. The second-order valence-electron chi connectivity index (χ2n) is 4.67. The van der Waals surface area contributed by atoms with Gasteiger partial charge in [-0.2, -0.15) is 0 Å². The minimum atomic E-state index is -0.873. The molecule has 6 heteroatoms. The van der Waals surface area contributed by atoms with Crippen molar-refractivity contribution in [3.8, 4) is 11.3 Å². The number of hydrazine groups is 1. The number of benzene rings is 2. The number of para-hydroxylation sites is 1. The molecule has 2 aromatic carbocycles. The molecule has 0 aliphatic rings. The monoisotopic (exact) mass is 317 g/mol. The highest BCUT2D eigenvalue weighted by Gasteiger charge is 2.12. The Hall–Kier alpha value is -2.47. The van der Waals surface area contributed by atoms with Crippen LogP contribution in [0.25, 0.3) is 11.3 Å². The molecule has 0 saturated carbocycles. The Labute approximate surface area is 130 Å². The zero-order valence-electron chi connectivity index (χ0n) is 11.7. The summed E-state index contributed by atoms with van der Waals surface area (Å²) >= 11 is 1.44. The van der Waals surface area contributed by atoms with Gasteiger partial charge in [0.25, 0.3) is 0 Å². The first-order valence-electron chi connectivity index (χ1n) is 6.63. The maximum atomic E-state index is 13.3. The van der Waals surface area contributed by atoms with Crippen molar-refractivity contribution in [2.45, 2.75) is 6.92 Å². The lowest BCUT2D eigenvalue weighted by atomic mass is 10.1. The second-order valence-corrected chi connectivity index (χ2v) is 5.87. The minimum Gasteiger partial charge on any atom is -0.299 e. The van der Waals surface area contributed by atoms with Crippen LogP contribution in [0.3, 0.4) is 0 Å². The predicted octanol–water partition coefficient (Wildman–Crippen LogP) is 4.84. The maximum Gasteiger partial charge on any atom is 0.202 e. The fourth-order valence-corrected chi connectivity index (χ4v) is 2.80. The normalized spacial score (nSPS) is 10.5. The molecule has 0 bridgehead atoms. The molecule has 0 amide bonds. The Morgan fingerprint density at radius 1 is 0.955 bits per heavy atom. The van der Waals surface area contributed by atoms with Crippen LogP contribution in [0.1, 0.15) is 4.88 Å². The molecule has 0 saturated heterocycles. The number of aromatic nitrogens is 1. The van der Waals surface area contributed by atoms with E-state index in [0.29, 0.717) is 16.4 Å². The summed E-state index contributed by atoms with van der Waals surface area (Å²) in [6.07, 6.45) is 0. The summed E-state index contributed by atoms with van der Waals surface area (Å²) in [5, 5.41) is 0.654. The smallest absolute Gasteiger partial charge is 0.202 e. The van der Waals surface area contributed by atoms with E-state index in [0.717, 1.165) is 22.7 Å². The molecule has 0 fully saturated rings. The fourth-order valence-electron chi connectivity index (χ4n) is 2.01. The lowest BCUT2D eigenvalue weighted by Gasteiger charge is -2.05. The Morgan fingerprint density at radius 2 is 1.73 bits per heavy atom. The summed E-state index contributed by atoms with van der Waals surface area (Å²) in [5.74, 6) is -1.73. The van der Waals surface area contributed by atoms with Gasteiger partial charge in [-0.05, 0) is 37.3 Å². The molecule has 22 heavy (non-hydrogen) atoms. The standard InChI is InChI=1S/C16H13F2N3S/c1-10-15(11-7-8-13(17)14(18)9-11)19-16(22-10)21-20-12-5-3-2-4-6-12/h2-9,20H,1H3,(H,19,21). The first-order chi connectivity index (χ1) is 10.6. The van der Waals surface area contributed by atoms with Gasteiger partial charge in [0, 0.05) is 10.4 Å². The summed E-state index contributed by atoms with van der Waals surface area (Å²) in [5.41, 5.74) is 8.15. The predicted molar refractivity (Wildman–Crippen MR) is 85.9 cm³/mol. The van der Waals surface area contributed by atoms with Crippen LogP contribution >= 0.6 is 11.3 Å². The van der Waals surface area contributed by atoms with Crippen LogP contribution < -0.4 is 10.9 Å². The Kier molecular flexibility index (Phi) is 4.02. The van der Waals surface area contributed by atoms with Gasteiger partial charge in [-0.25, -0.2) is 13.8 Å². The quantitative estimate of drug-likeness (QED) is 0.676. The van der Waals surface area contributed by atoms with Gasteiger partial charge in [0.15, 0.2) is 11.6 Å². The van der Waals surface area contributed by atoms with Crippen LogP contribution in [-0.2, 0) is 0 Å². The molecule has 0 atom stereocenters. The molecular formula is C16H13F2N3S. The molecule has 3 rings (SSSR count). The van der Waals surface area contributed by atoms with Gasteiger partial charge in [0.05, 0.1) is 11.4 Å². The molecule has 0 spiro atoms. The van der Waals surface area contributed by atoms with Crippen molar-refractivity contribution >= 4 is 22.2 Å². The van der Waals surface area contributed by atoms with Gasteiger partial charge in [-0.3, -0.25) is 10.9 Å². The number of nitrogens with one attached hydrogen (secondary N) is 2. The van der Waals surface area contributed by atoms with E-state index in [2.05, 4.69) is 15.8 Å². The van der Waals surface area contributed by atoms with Crippen molar-refractivity contribution < 1.29 is 8.78 Å². The van der Waals surface area contributed by atoms with Crippen molar-refractivity contribution in [3.05, 3.63) is 65.0 Å². The molecule has 112 valence electrons. The van der Waals surface area contributed by atoms with Gasteiger partial charge in [-0.1, -0.05) is 18.2 Å². The third-order valence-corrected chi connectivity index (χ3v) is 3.96. The highest BCUT2D eigenvalue weighted by atomic mass is 32.1. The lowest BCUT2D eigenvalue weighted by Crippen LogP contribution is -2.07. The summed E-state index contributed by atoms with van der Waals surface area (Å²) in [6.45, 7) is 1.89. The van der Waals surface area contributed by atoms with E-state index in [-0.39, 0.29) is 0 Å². The third kappa shape index (κ3) is 3.07. The first-order valence-corrected chi connectivity index (χ1v) is 7.45. The van der Waals surface area contributed by atoms with Gasteiger partial charge in [0.1, 0.15) is 0 Å². The number of nitrogens with zero attached hydrogens (tertiary/aromatic N) is 1. The molecule has 3 nitrogen and oxygen atoms in total. The highest BCUT2D eigenvalue weighted by molar-refractivity contribution is 7.16. The van der Waals surface area contributed by atoms with E-state index in [1.165, 1.54) is 17.4 Å². The second kappa shape index (κ2) is 6.11. The molecule has 1 aromatic heterocycles. The Balaban J connectivity index is 1.80. The van der Waals surface area contributed by atoms with Gasteiger partial charge < -0.3 is 0 Å². The van der Waals surface area contributed by atoms with Gasteiger partial charge in [0.2, 0.25) is 5.13 Å². The van der Waals surface area contributed by atoms with E-state index in [9.17, 15) is 8.78 Å².